The van der Waals surface area contributed by atoms with Crippen molar-refractivity contribution in [2.24, 2.45) is 0 Å². The number of rotatable bonds is 2. The molecular formula is C22H19Cl2N3O. The van der Waals surface area contributed by atoms with Gasteiger partial charge in [-0.05, 0) is 36.6 Å². The Morgan fingerprint density at radius 2 is 1.61 bits per heavy atom. The zero-order valence-electron chi connectivity index (χ0n) is 15.3. The minimum absolute atomic E-state index is 0.611. The molecule has 0 unspecified atom stereocenters. The van der Waals surface area contributed by atoms with E-state index >= 15 is 0 Å². The Morgan fingerprint density at radius 1 is 0.857 bits per heavy atom. The first-order chi connectivity index (χ1) is 13.7. The van der Waals surface area contributed by atoms with E-state index in [0.29, 0.717) is 23.3 Å². The molecule has 5 rings (SSSR count). The van der Waals surface area contributed by atoms with E-state index < -0.39 is 0 Å². The Kier molecular flexibility index (Phi) is 4.71. The summed E-state index contributed by atoms with van der Waals surface area (Å²) in [4.78, 5) is 12.2. The highest BCUT2D eigenvalue weighted by Crippen LogP contribution is 2.40. The summed E-state index contributed by atoms with van der Waals surface area (Å²) < 4.78 is 5.50. The van der Waals surface area contributed by atoms with Crippen LogP contribution < -0.4 is 4.90 Å². The van der Waals surface area contributed by atoms with E-state index in [1.807, 2.05) is 12.1 Å². The number of aryl methyl sites for hydroxylation is 1. The van der Waals surface area contributed by atoms with Gasteiger partial charge in [-0.2, -0.15) is 0 Å². The molecule has 2 aliphatic rings. The molecule has 1 aromatic heterocycles. The predicted molar refractivity (Wildman–Crippen MR) is 113 cm³/mol. The number of anilines is 1. The van der Waals surface area contributed by atoms with Crippen LogP contribution in [0, 0.1) is 0 Å². The molecule has 0 bridgehead atoms. The van der Waals surface area contributed by atoms with Crippen LogP contribution in [0.25, 0.3) is 22.5 Å². The number of benzene rings is 2. The summed E-state index contributed by atoms with van der Waals surface area (Å²) in [6.07, 6.45) is 1.87. The first-order valence-corrected chi connectivity index (χ1v) is 10.2. The molecule has 6 heteroatoms. The van der Waals surface area contributed by atoms with E-state index in [1.165, 1.54) is 11.1 Å². The molecule has 1 saturated heterocycles. The first kappa shape index (κ1) is 17.9. The van der Waals surface area contributed by atoms with Gasteiger partial charge in [0.05, 0.1) is 29.6 Å². The van der Waals surface area contributed by atoms with Crippen molar-refractivity contribution in [3.8, 4) is 22.5 Å². The molecule has 0 radical (unpaired) electrons. The van der Waals surface area contributed by atoms with Crippen LogP contribution >= 0.6 is 23.2 Å². The van der Waals surface area contributed by atoms with Gasteiger partial charge in [-0.1, -0.05) is 47.5 Å². The minimum atomic E-state index is 0.611. The van der Waals surface area contributed by atoms with Crippen LogP contribution in [0.5, 0.6) is 0 Å². The molecule has 0 atom stereocenters. The Hall–Kier alpha value is -2.14. The van der Waals surface area contributed by atoms with Gasteiger partial charge in [0.2, 0.25) is 5.95 Å². The molecule has 0 saturated carbocycles. The monoisotopic (exact) mass is 411 g/mol. The first-order valence-electron chi connectivity index (χ1n) is 9.48. The molecule has 1 aliphatic heterocycles. The fourth-order valence-corrected chi connectivity index (χ4v) is 4.47. The molecule has 0 amide bonds. The van der Waals surface area contributed by atoms with E-state index in [9.17, 15) is 0 Å². The van der Waals surface area contributed by atoms with Gasteiger partial charge in [0.15, 0.2) is 0 Å². The van der Waals surface area contributed by atoms with Crippen molar-refractivity contribution in [2.45, 2.75) is 12.8 Å². The van der Waals surface area contributed by atoms with E-state index in [1.54, 1.807) is 6.07 Å². The summed E-state index contributed by atoms with van der Waals surface area (Å²) in [5.74, 6) is 0.736. The summed E-state index contributed by atoms with van der Waals surface area (Å²) in [6, 6.07) is 14.1. The zero-order chi connectivity index (χ0) is 19.1. The smallest absolute Gasteiger partial charge is 0.226 e. The van der Waals surface area contributed by atoms with Gasteiger partial charge in [-0.25, -0.2) is 9.97 Å². The van der Waals surface area contributed by atoms with Crippen LogP contribution in [-0.4, -0.2) is 36.3 Å². The van der Waals surface area contributed by atoms with Crippen molar-refractivity contribution in [3.63, 3.8) is 0 Å². The molecule has 4 nitrogen and oxygen atoms in total. The van der Waals surface area contributed by atoms with Crippen molar-refractivity contribution >= 4 is 29.2 Å². The average molecular weight is 412 g/mol. The zero-order valence-corrected chi connectivity index (χ0v) is 16.8. The second kappa shape index (κ2) is 7.36. The van der Waals surface area contributed by atoms with Crippen LogP contribution in [-0.2, 0) is 17.6 Å². The molecular weight excluding hydrogens is 393 g/mol. The molecule has 0 N–H and O–H groups in total. The van der Waals surface area contributed by atoms with E-state index in [4.69, 9.17) is 37.9 Å². The number of morpholine rings is 1. The highest BCUT2D eigenvalue weighted by molar-refractivity contribution is 6.36. The maximum atomic E-state index is 6.57. The molecule has 0 spiro atoms. The predicted octanol–water partition coefficient (Wildman–Crippen LogP) is 5.05. The number of hydrogen-bond acceptors (Lipinski definition) is 4. The summed E-state index contributed by atoms with van der Waals surface area (Å²) in [5, 5.41) is 1.23. The van der Waals surface area contributed by atoms with Crippen molar-refractivity contribution in [3.05, 3.63) is 63.6 Å². The number of fused-ring (bicyclic) bond motifs is 3. The van der Waals surface area contributed by atoms with Gasteiger partial charge in [-0.3, -0.25) is 0 Å². The highest BCUT2D eigenvalue weighted by Gasteiger charge is 2.26. The lowest BCUT2D eigenvalue weighted by atomic mass is 9.87. The van der Waals surface area contributed by atoms with Crippen LogP contribution in [0.2, 0.25) is 10.0 Å². The Morgan fingerprint density at radius 3 is 2.39 bits per heavy atom. The number of ether oxygens (including phenoxy) is 1. The van der Waals surface area contributed by atoms with E-state index in [-0.39, 0.29) is 0 Å². The molecule has 2 heterocycles. The van der Waals surface area contributed by atoms with Crippen molar-refractivity contribution in [2.75, 3.05) is 31.2 Å². The second-order valence-electron chi connectivity index (χ2n) is 7.08. The Bertz CT molecular complexity index is 1050. The molecule has 2 aromatic carbocycles. The lowest BCUT2D eigenvalue weighted by Crippen LogP contribution is -2.37. The summed E-state index contributed by atoms with van der Waals surface area (Å²) in [5.41, 5.74) is 6.49. The summed E-state index contributed by atoms with van der Waals surface area (Å²) in [6.45, 7) is 2.95. The average Bonchev–Trinajstić information content (AvgIpc) is 2.73. The van der Waals surface area contributed by atoms with Crippen LogP contribution in [0.1, 0.15) is 11.1 Å². The molecule has 1 aliphatic carbocycles. The largest absolute Gasteiger partial charge is 0.378 e. The van der Waals surface area contributed by atoms with Crippen LogP contribution in [0.4, 0.5) is 5.95 Å². The van der Waals surface area contributed by atoms with Crippen molar-refractivity contribution < 1.29 is 4.74 Å². The Balaban J connectivity index is 1.74. The normalized spacial score (nSPS) is 15.9. The van der Waals surface area contributed by atoms with Crippen LogP contribution in [0.15, 0.2) is 42.5 Å². The van der Waals surface area contributed by atoms with Gasteiger partial charge in [-0.15, -0.1) is 0 Å². The standard InChI is InChI=1S/C22H19Cl2N3O/c23-15-6-8-17(19(24)13-15)21-18-7-5-14-3-1-2-4-16(14)20(18)25-22(26-21)27-9-11-28-12-10-27/h1-4,6,8,13H,5,7,9-12H2. The quantitative estimate of drug-likeness (QED) is 0.590. The van der Waals surface area contributed by atoms with Crippen molar-refractivity contribution in [1.29, 1.82) is 0 Å². The fourth-order valence-electron chi connectivity index (χ4n) is 3.97. The third kappa shape index (κ3) is 3.16. The van der Waals surface area contributed by atoms with E-state index in [0.717, 1.165) is 54.4 Å². The van der Waals surface area contributed by atoms with Gasteiger partial charge in [0.1, 0.15) is 0 Å². The third-order valence-electron chi connectivity index (χ3n) is 5.39. The fraction of sp³-hybridized carbons (Fsp3) is 0.273. The molecule has 28 heavy (non-hydrogen) atoms. The van der Waals surface area contributed by atoms with Crippen molar-refractivity contribution in [1.82, 2.24) is 9.97 Å². The molecule has 142 valence electrons. The highest BCUT2D eigenvalue weighted by atomic mass is 35.5. The maximum Gasteiger partial charge on any atom is 0.226 e. The molecule has 3 aromatic rings. The topological polar surface area (TPSA) is 38.2 Å². The van der Waals surface area contributed by atoms with E-state index in [2.05, 4.69) is 29.2 Å². The summed E-state index contributed by atoms with van der Waals surface area (Å²) in [7, 11) is 0. The maximum absolute atomic E-state index is 6.57. The lowest BCUT2D eigenvalue weighted by molar-refractivity contribution is 0.122. The minimum Gasteiger partial charge on any atom is -0.378 e. The molecule has 1 fully saturated rings. The number of nitrogens with zero attached hydrogens (tertiary/aromatic N) is 3. The summed E-state index contributed by atoms with van der Waals surface area (Å²) >= 11 is 12.7. The third-order valence-corrected chi connectivity index (χ3v) is 5.94. The number of aromatic nitrogens is 2. The van der Waals surface area contributed by atoms with Gasteiger partial charge >= 0.3 is 0 Å². The van der Waals surface area contributed by atoms with Gasteiger partial charge in [0, 0.05) is 34.8 Å². The van der Waals surface area contributed by atoms with Gasteiger partial charge in [0.25, 0.3) is 0 Å². The number of halogens is 2. The Labute approximate surface area is 174 Å². The SMILES string of the molecule is Clc1ccc(-c2nc(N3CCOCC3)nc3c2CCc2ccccc2-3)c(Cl)c1. The lowest BCUT2D eigenvalue weighted by Gasteiger charge is -2.29. The second-order valence-corrected chi connectivity index (χ2v) is 7.92. The van der Waals surface area contributed by atoms with Gasteiger partial charge < -0.3 is 9.64 Å². The van der Waals surface area contributed by atoms with Crippen LogP contribution in [0.3, 0.4) is 0 Å². The number of hydrogen-bond donors (Lipinski definition) is 0.